The molecule has 1 fully saturated rings. The van der Waals surface area contributed by atoms with Crippen molar-refractivity contribution < 1.29 is 13.2 Å². The van der Waals surface area contributed by atoms with Crippen LogP contribution < -0.4 is 5.32 Å². The Morgan fingerprint density at radius 1 is 1.44 bits per heavy atom. The first-order valence-electron chi connectivity index (χ1n) is 6.18. The number of alkyl halides is 3. The molecule has 1 heterocycles. The molecular formula is C12H17F3N2S. The molecule has 1 aromatic heterocycles. The van der Waals surface area contributed by atoms with Crippen LogP contribution in [0.2, 0.25) is 0 Å². The fourth-order valence-electron chi connectivity index (χ4n) is 2.51. The van der Waals surface area contributed by atoms with Gasteiger partial charge < -0.3 is 5.32 Å². The smallest absolute Gasteiger partial charge is 0.307 e. The Hall–Kier alpha value is -0.620. The van der Waals surface area contributed by atoms with E-state index in [1.54, 1.807) is 11.7 Å². The predicted molar refractivity (Wildman–Crippen MR) is 65.5 cm³/mol. The van der Waals surface area contributed by atoms with Crippen LogP contribution >= 0.6 is 11.3 Å². The summed E-state index contributed by atoms with van der Waals surface area (Å²) in [5, 5.41) is 3.29. The minimum atomic E-state index is -4.05. The van der Waals surface area contributed by atoms with Gasteiger partial charge in [0.05, 0.1) is 11.4 Å². The summed E-state index contributed by atoms with van der Waals surface area (Å²) in [5.41, 5.74) is 1.74. The van der Waals surface area contributed by atoms with Crippen molar-refractivity contribution in [2.45, 2.75) is 50.9 Å². The second kappa shape index (κ2) is 5.57. The number of thiazole rings is 1. The molecule has 0 saturated heterocycles. The van der Waals surface area contributed by atoms with Gasteiger partial charge in [-0.3, -0.25) is 4.98 Å². The van der Waals surface area contributed by atoms with Gasteiger partial charge in [0.15, 0.2) is 0 Å². The summed E-state index contributed by atoms with van der Waals surface area (Å²) in [6.45, 7) is 1.98. The summed E-state index contributed by atoms with van der Waals surface area (Å²) < 4.78 is 38.1. The van der Waals surface area contributed by atoms with Gasteiger partial charge in [0.1, 0.15) is 0 Å². The molecule has 1 aromatic rings. The Balaban J connectivity index is 1.90. The van der Waals surface area contributed by atoms with Crippen molar-refractivity contribution in [3.8, 4) is 0 Å². The number of hydrogen-bond acceptors (Lipinski definition) is 3. The highest BCUT2D eigenvalue weighted by molar-refractivity contribution is 7.09. The van der Waals surface area contributed by atoms with Gasteiger partial charge in [-0.1, -0.05) is 6.42 Å². The van der Waals surface area contributed by atoms with Crippen molar-refractivity contribution in [3.05, 3.63) is 16.6 Å². The van der Waals surface area contributed by atoms with Gasteiger partial charge >= 0.3 is 6.18 Å². The van der Waals surface area contributed by atoms with Crippen LogP contribution in [-0.2, 0) is 0 Å². The van der Waals surface area contributed by atoms with Gasteiger partial charge in [0, 0.05) is 23.2 Å². The van der Waals surface area contributed by atoms with Crippen LogP contribution in [0.25, 0.3) is 0 Å². The lowest BCUT2D eigenvalue weighted by Gasteiger charge is -2.32. The average Bonchev–Trinajstić information content (AvgIpc) is 2.81. The molecule has 0 spiro atoms. The number of hydrogen-bond donors (Lipinski definition) is 1. The summed E-state index contributed by atoms with van der Waals surface area (Å²) in [7, 11) is 0. The van der Waals surface area contributed by atoms with Gasteiger partial charge in [0.25, 0.3) is 0 Å². The Morgan fingerprint density at radius 2 is 2.22 bits per heavy atom. The highest BCUT2D eigenvalue weighted by Gasteiger charge is 2.42. The number of halogens is 3. The first-order chi connectivity index (χ1) is 8.47. The standard InChI is InChI=1S/C12H17F3N2S/c1-8(11-6-16-7-18-11)17-10-4-2-3-9(5-10)12(13,14)15/h6-10,17H,2-5H2,1H3. The van der Waals surface area contributed by atoms with E-state index in [9.17, 15) is 13.2 Å². The molecule has 0 bridgehead atoms. The van der Waals surface area contributed by atoms with Crippen LogP contribution in [0.1, 0.15) is 43.5 Å². The minimum Gasteiger partial charge on any atom is -0.307 e. The summed E-state index contributed by atoms with van der Waals surface area (Å²) in [6.07, 6.45) is -0.323. The van der Waals surface area contributed by atoms with Gasteiger partial charge in [0.2, 0.25) is 0 Å². The molecule has 1 aliphatic rings. The molecule has 3 atom stereocenters. The SMILES string of the molecule is CC(NC1CCCC(C(F)(F)F)C1)c1cncs1. The van der Waals surface area contributed by atoms with Gasteiger partial charge in [-0.25, -0.2) is 0 Å². The molecule has 3 unspecified atom stereocenters. The molecule has 2 rings (SSSR count). The van der Waals surface area contributed by atoms with Crippen LogP contribution in [0.5, 0.6) is 0 Å². The third-order valence-corrected chi connectivity index (χ3v) is 4.46. The molecule has 0 radical (unpaired) electrons. The maximum absolute atomic E-state index is 12.7. The maximum atomic E-state index is 12.7. The fraction of sp³-hybridized carbons (Fsp3) is 0.750. The van der Waals surface area contributed by atoms with E-state index in [-0.39, 0.29) is 24.9 Å². The lowest BCUT2D eigenvalue weighted by atomic mass is 9.85. The van der Waals surface area contributed by atoms with E-state index in [2.05, 4.69) is 10.3 Å². The van der Waals surface area contributed by atoms with Crippen LogP contribution in [-0.4, -0.2) is 17.2 Å². The summed E-state index contributed by atoms with van der Waals surface area (Å²) in [6, 6.07) is 0.0389. The van der Waals surface area contributed by atoms with Crippen molar-refractivity contribution in [1.29, 1.82) is 0 Å². The fourth-order valence-corrected chi connectivity index (χ4v) is 3.15. The number of nitrogens with zero attached hydrogens (tertiary/aromatic N) is 1. The van der Waals surface area contributed by atoms with Crippen LogP contribution in [0.4, 0.5) is 13.2 Å². The van der Waals surface area contributed by atoms with Gasteiger partial charge in [-0.15, -0.1) is 11.3 Å². The summed E-state index contributed by atoms with van der Waals surface area (Å²) in [4.78, 5) is 5.06. The van der Waals surface area contributed by atoms with E-state index in [0.29, 0.717) is 6.42 Å². The predicted octanol–water partition coefficient (Wildman–Crippen LogP) is 3.91. The van der Waals surface area contributed by atoms with Crippen LogP contribution in [0, 0.1) is 5.92 Å². The molecule has 2 nitrogen and oxygen atoms in total. The lowest BCUT2D eigenvalue weighted by Crippen LogP contribution is -2.39. The quantitative estimate of drug-likeness (QED) is 0.906. The van der Waals surface area contributed by atoms with Crippen molar-refractivity contribution >= 4 is 11.3 Å². The zero-order chi connectivity index (χ0) is 13.2. The van der Waals surface area contributed by atoms with E-state index in [1.807, 2.05) is 6.92 Å². The third kappa shape index (κ3) is 3.45. The van der Waals surface area contributed by atoms with Crippen LogP contribution in [0.15, 0.2) is 11.7 Å². The van der Waals surface area contributed by atoms with E-state index in [4.69, 9.17) is 0 Å². The van der Waals surface area contributed by atoms with Crippen LogP contribution in [0.3, 0.4) is 0 Å². The van der Waals surface area contributed by atoms with Crippen molar-refractivity contribution in [2.75, 3.05) is 0 Å². The van der Waals surface area contributed by atoms with Gasteiger partial charge in [-0.2, -0.15) is 13.2 Å². The molecule has 18 heavy (non-hydrogen) atoms. The Kier molecular flexibility index (Phi) is 4.27. The minimum absolute atomic E-state index is 0.0394. The van der Waals surface area contributed by atoms with E-state index >= 15 is 0 Å². The monoisotopic (exact) mass is 278 g/mol. The molecule has 1 N–H and O–H groups in total. The second-order valence-electron chi connectivity index (χ2n) is 4.89. The normalized spacial score (nSPS) is 27.1. The van der Waals surface area contributed by atoms with E-state index in [0.717, 1.165) is 11.3 Å². The average molecular weight is 278 g/mol. The van der Waals surface area contributed by atoms with E-state index in [1.165, 1.54) is 11.3 Å². The molecular weight excluding hydrogens is 261 g/mol. The molecule has 6 heteroatoms. The molecule has 1 saturated carbocycles. The number of aromatic nitrogens is 1. The summed E-state index contributed by atoms with van der Waals surface area (Å²) >= 11 is 1.53. The third-order valence-electron chi connectivity index (χ3n) is 3.50. The Morgan fingerprint density at radius 3 is 2.83 bits per heavy atom. The number of rotatable bonds is 3. The first kappa shape index (κ1) is 13.8. The summed E-state index contributed by atoms with van der Waals surface area (Å²) in [5.74, 6) is -1.14. The molecule has 1 aliphatic carbocycles. The Labute approximate surface area is 109 Å². The van der Waals surface area contributed by atoms with Gasteiger partial charge in [-0.05, 0) is 26.2 Å². The van der Waals surface area contributed by atoms with E-state index < -0.39 is 12.1 Å². The largest absolute Gasteiger partial charge is 0.391 e. The first-order valence-corrected chi connectivity index (χ1v) is 7.06. The van der Waals surface area contributed by atoms with Crippen molar-refractivity contribution in [3.63, 3.8) is 0 Å². The lowest BCUT2D eigenvalue weighted by molar-refractivity contribution is -0.183. The highest BCUT2D eigenvalue weighted by atomic mass is 32.1. The maximum Gasteiger partial charge on any atom is 0.391 e. The zero-order valence-electron chi connectivity index (χ0n) is 10.2. The zero-order valence-corrected chi connectivity index (χ0v) is 11.0. The second-order valence-corrected chi connectivity index (χ2v) is 5.81. The molecule has 0 aromatic carbocycles. The molecule has 102 valence electrons. The Bertz CT molecular complexity index is 364. The number of nitrogens with one attached hydrogen (secondary N) is 1. The topological polar surface area (TPSA) is 24.9 Å². The molecule has 0 aliphatic heterocycles. The highest BCUT2D eigenvalue weighted by Crippen LogP contribution is 2.38. The molecule has 0 amide bonds. The van der Waals surface area contributed by atoms with Crippen molar-refractivity contribution in [1.82, 2.24) is 10.3 Å². The van der Waals surface area contributed by atoms with Crippen molar-refractivity contribution in [2.24, 2.45) is 5.92 Å².